The Morgan fingerprint density at radius 3 is 2.37 bits per heavy atom. The van der Waals surface area contributed by atoms with Gasteiger partial charge < -0.3 is 19.6 Å². The molecule has 0 rings (SSSR count). The molecule has 0 saturated carbocycles. The van der Waals surface area contributed by atoms with Crippen molar-refractivity contribution < 1.29 is 19.4 Å². The average molecular weight is 271 g/mol. The quantitative estimate of drug-likeness (QED) is 0.738. The number of likely N-dealkylation sites (N-methyl/N-ethyl adjacent to an activating group) is 1. The molecule has 108 valence electrons. The van der Waals surface area contributed by atoms with E-state index in [1.54, 1.807) is 0 Å². The monoisotopic (exact) mass is 271 g/mol. The van der Waals surface area contributed by atoms with Gasteiger partial charge in [-0.2, -0.15) is 5.26 Å². The molecule has 0 unspecified atom stereocenters. The van der Waals surface area contributed by atoms with Gasteiger partial charge in [0, 0.05) is 27.2 Å². The largest absolute Gasteiger partial charge is 0.480 e. The molecule has 0 saturated heterocycles. The number of carboxylic acids is 1. The molecule has 0 aromatic heterocycles. The average Bonchev–Trinajstić information content (AvgIpc) is 2.37. The van der Waals surface area contributed by atoms with Crippen LogP contribution in [0.4, 0.5) is 4.79 Å². The van der Waals surface area contributed by atoms with E-state index in [9.17, 15) is 9.59 Å². The van der Waals surface area contributed by atoms with Crippen molar-refractivity contribution in [2.45, 2.75) is 25.8 Å². The molecule has 0 atom stereocenters. The highest BCUT2D eigenvalue weighted by atomic mass is 16.5. The van der Waals surface area contributed by atoms with Gasteiger partial charge in [0.05, 0.1) is 19.1 Å². The lowest BCUT2D eigenvalue weighted by Gasteiger charge is -2.35. The van der Waals surface area contributed by atoms with Crippen LogP contribution in [-0.2, 0) is 9.53 Å². The van der Waals surface area contributed by atoms with Crippen molar-refractivity contribution in [1.29, 1.82) is 5.26 Å². The van der Waals surface area contributed by atoms with Crippen LogP contribution < -0.4 is 0 Å². The Morgan fingerprint density at radius 2 is 1.95 bits per heavy atom. The Morgan fingerprint density at radius 1 is 1.37 bits per heavy atom. The van der Waals surface area contributed by atoms with Gasteiger partial charge in [-0.1, -0.05) is 0 Å². The van der Waals surface area contributed by atoms with Crippen LogP contribution in [0.15, 0.2) is 0 Å². The van der Waals surface area contributed by atoms with Gasteiger partial charge in [0.15, 0.2) is 0 Å². The topological polar surface area (TPSA) is 93.9 Å². The number of methoxy groups -OCH3 is 1. The van der Waals surface area contributed by atoms with Crippen LogP contribution >= 0.6 is 0 Å². The number of rotatable bonds is 7. The summed E-state index contributed by atoms with van der Waals surface area (Å²) in [5.74, 6) is -1.09. The molecule has 19 heavy (non-hydrogen) atoms. The summed E-state index contributed by atoms with van der Waals surface area (Å²) in [5, 5.41) is 17.7. The van der Waals surface area contributed by atoms with Gasteiger partial charge in [-0.25, -0.2) is 9.59 Å². The van der Waals surface area contributed by atoms with E-state index in [4.69, 9.17) is 15.1 Å². The van der Waals surface area contributed by atoms with Gasteiger partial charge in [-0.3, -0.25) is 0 Å². The number of nitrogens with zero attached hydrogens (tertiary/aromatic N) is 3. The summed E-state index contributed by atoms with van der Waals surface area (Å²) in [6.07, 6.45) is 0.191. The number of carbonyl (C=O) groups excluding carboxylic acids is 1. The van der Waals surface area contributed by atoms with E-state index >= 15 is 0 Å². The summed E-state index contributed by atoms with van der Waals surface area (Å²) in [5.41, 5.74) is -1.31. The second-order valence-corrected chi connectivity index (χ2v) is 4.59. The van der Waals surface area contributed by atoms with Crippen molar-refractivity contribution in [3.8, 4) is 6.07 Å². The van der Waals surface area contributed by atoms with E-state index in [0.29, 0.717) is 13.2 Å². The van der Waals surface area contributed by atoms with Crippen LogP contribution in [0.3, 0.4) is 0 Å². The number of hydrogen-bond donors (Lipinski definition) is 1. The second kappa shape index (κ2) is 7.59. The van der Waals surface area contributed by atoms with Crippen LogP contribution in [0.5, 0.6) is 0 Å². The highest BCUT2D eigenvalue weighted by Crippen LogP contribution is 2.15. The summed E-state index contributed by atoms with van der Waals surface area (Å²) in [6, 6.07) is 1.53. The van der Waals surface area contributed by atoms with Crippen LogP contribution in [-0.4, -0.2) is 66.3 Å². The Kier molecular flexibility index (Phi) is 6.86. The number of carboxylic acid groups (broad SMARTS) is 1. The van der Waals surface area contributed by atoms with Crippen LogP contribution in [0, 0.1) is 11.3 Å². The van der Waals surface area contributed by atoms with E-state index in [0.717, 1.165) is 4.90 Å². The Hall–Kier alpha value is -1.81. The lowest BCUT2D eigenvalue weighted by Crippen LogP contribution is -2.55. The first-order valence-corrected chi connectivity index (χ1v) is 5.91. The molecule has 0 aliphatic heterocycles. The number of carbonyl (C=O) groups is 2. The zero-order chi connectivity index (χ0) is 15.1. The minimum Gasteiger partial charge on any atom is -0.480 e. The van der Waals surface area contributed by atoms with E-state index < -0.39 is 17.5 Å². The van der Waals surface area contributed by atoms with Crippen molar-refractivity contribution >= 4 is 12.0 Å². The van der Waals surface area contributed by atoms with Crippen molar-refractivity contribution in [1.82, 2.24) is 9.80 Å². The summed E-state index contributed by atoms with van der Waals surface area (Å²) >= 11 is 0. The number of nitriles is 1. The molecule has 0 fully saturated rings. The third-order valence-electron chi connectivity index (χ3n) is 2.98. The fraction of sp³-hybridized carbons (Fsp3) is 0.750. The first kappa shape index (κ1) is 17.2. The predicted octanol–water partition coefficient (Wildman–Crippen LogP) is 0.763. The Bertz CT molecular complexity index is 362. The maximum atomic E-state index is 12.2. The standard InChI is InChI=1S/C12H21N3O4/c1-12(2,10(16)17)14(3)11(18)15(7-5-6-13)8-9-19-4/h5,7-9H2,1-4H3,(H,16,17). The molecular formula is C12H21N3O4. The van der Waals surface area contributed by atoms with Gasteiger partial charge in [0.25, 0.3) is 0 Å². The molecule has 0 heterocycles. The summed E-state index contributed by atoms with van der Waals surface area (Å²) in [7, 11) is 2.94. The summed E-state index contributed by atoms with van der Waals surface area (Å²) in [4.78, 5) is 25.9. The molecule has 7 nitrogen and oxygen atoms in total. The number of urea groups is 1. The number of ether oxygens (including phenoxy) is 1. The fourth-order valence-electron chi connectivity index (χ4n) is 1.28. The van der Waals surface area contributed by atoms with Gasteiger partial charge in [-0.05, 0) is 13.8 Å². The van der Waals surface area contributed by atoms with Crippen molar-refractivity contribution in [3.63, 3.8) is 0 Å². The molecule has 0 spiro atoms. The molecule has 1 N–H and O–H groups in total. The normalized spacial score (nSPS) is 10.7. The highest BCUT2D eigenvalue weighted by Gasteiger charge is 2.36. The molecular weight excluding hydrogens is 250 g/mol. The van der Waals surface area contributed by atoms with Crippen LogP contribution in [0.2, 0.25) is 0 Å². The molecule has 0 radical (unpaired) electrons. The fourth-order valence-corrected chi connectivity index (χ4v) is 1.28. The molecule has 0 bridgehead atoms. The van der Waals surface area contributed by atoms with Gasteiger partial charge in [0.1, 0.15) is 5.54 Å². The molecule has 0 aromatic rings. The maximum Gasteiger partial charge on any atom is 0.329 e. The second-order valence-electron chi connectivity index (χ2n) is 4.59. The molecule has 0 aromatic carbocycles. The third kappa shape index (κ3) is 4.75. The molecule has 0 aliphatic carbocycles. The predicted molar refractivity (Wildman–Crippen MR) is 68.6 cm³/mol. The van der Waals surface area contributed by atoms with Crippen molar-refractivity contribution in [2.24, 2.45) is 0 Å². The number of aliphatic carboxylic acids is 1. The first-order chi connectivity index (χ1) is 8.78. The van der Waals surface area contributed by atoms with E-state index in [1.807, 2.05) is 6.07 Å². The molecule has 0 aliphatic rings. The number of amides is 2. The highest BCUT2D eigenvalue weighted by molar-refractivity contribution is 5.85. The third-order valence-corrected chi connectivity index (χ3v) is 2.98. The van der Waals surface area contributed by atoms with Crippen molar-refractivity contribution in [2.75, 3.05) is 33.9 Å². The zero-order valence-corrected chi connectivity index (χ0v) is 11.8. The maximum absolute atomic E-state index is 12.2. The molecule has 2 amide bonds. The summed E-state index contributed by atoms with van der Waals surface area (Å²) in [6.45, 7) is 3.80. The zero-order valence-electron chi connectivity index (χ0n) is 11.8. The lowest BCUT2D eigenvalue weighted by molar-refractivity contribution is -0.147. The van der Waals surface area contributed by atoms with Crippen LogP contribution in [0.25, 0.3) is 0 Å². The van der Waals surface area contributed by atoms with E-state index in [-0.39, 0.29) is 13.0 Å². The van der Waals surface area contributed by atoms with Crippen LogP contribution in [0.1, 0.15) is 20.3 Å². The Labute approximate surface area is 113 Å². The van der Waals surface area contributed by atoms with Gasteiger partial charge >= 0.3 is 12.0 Å². The van der Waals surface area contributed by atoms with Gasteiger partial charge in [0.2, 0.25) is 0 Å². The smallest absolute Gasteiger partial charge is 0.329 e. The summed E-state index contributed by atoms with van der Waals surface area (Å²) < 4.78 is 4.90. The SMILES string of the molecule is COCCN(CCC#N)C(=O)N(C)C(C)(C)C(=O)O. The minimum absolute atomic E-state index is 0.191. The Balaban J connectivity index is 4.87. The lowest BCUT2D eigenvalue weighted by atomic mass is 10.0. The van der Waals surface area contributed by atoms with E-state index in [2.05, 4.69) is 0 Å². The van der Waals surface area contributed by atoms with Gasteiger partial charge in [-0.15, -0.1) is 0 Å². The molecule has 7 heteroatoms. The first-order valence-electron chi connectivity index (χ1n) is 5.91. The van der Waals surface area contributed by atoms with Crippen molar-refractivity contribution in [3.05, 3.63) is 0 Å². The van der Waals surface area contributed by atoms with E-state index in [1.165, 1.54) is 32.9 Å². The minimum atomic E-state index is -1.31. The number of hydrogen-bond acceptors (Lipinski definition) is 4.